The molecule has 198 valence electrons. The van der Waals surface area contributed by atoms with Gasteiger partial charge in [0.05, 0.1) is 35.6 Å². The van der Waals surface area contributed by atoms with E-state index in [9.17, 15) is 14.7 Å². The molecule has 1 saturated heterocycles. The van der Waals surface area contributed by atoms with Crippen molar-refractivity contribution in [3.63, 3.8) is 0 Å². The molecule has 10 heteroatoms. The van der Waals surface area contributed by atoms with E-state index in [1.165, 1.54) is 4.90 Å². The van der Waals surface area contributed by atoms with E-state index in [1.54, 1.807) is 65.6 Å². The van der Waals surface area contributed by atoms with E-state index < -0.39 is 6.29 Å². The first-order chi connectivity index (χ1) is 19.0. The lowest BCUT2D eigenvalue weighted by Crippen LogP contribution is -2.32. The number of aryl methyl sites for hydroxylation is 1. The fourth-order valence-electron chi connectivity index (χ4n) is 4.76. The van der Waals surface area contributed by atoms with Gasteiger partial charge in [0, 0.05) is 17.7 Å². The van der Waals surface area contributed by atoms with Gasteiger partial charge in [-0.2, -0.15) is 0 Å². The third-order valence-corrected chi connectivity index (χ3v) is 8.81. The molecule has 8 nitrogen and oxygen atoms in total. The molecule has 3 heterocycles. The maximum atomic E-state index is 13.1. The Hall–Kier alpha value is -3.41. The summed E-state index contributed by atoms with van der Waals surface area (Å²) in [6.07, 6.45) is -0.472. The predicted octanol–water partition coefficient (Wildman–Crippen LogP) is 5.48. The number of ether oxygens (including phenoxy) is 2. The van der Waals surface area contributed by atoms with Gasteiger partial charge in [-0.3, -0.25) is 9.59 Å². The van der Waals surface area contributed by atoms with Crippen molar-refractivity contribution >= 4 is 40.6 Å². The molecule has 0 spiro atoms. The molecule has 3 aromatic carbocycles. The highest BCUT2D eigenvalue weighted by molar-refractivity contribution is 8.01. The molecule has 3 atom stereocenters. The molecule has 0 saturated carbocycles. The molecule has 1 aromatic heterocycles. The van der Waals surface area contributed by atoms with Crippen LogP contribution in [-0.4, -0.2) is 39.0 Å². The molecule has 6 rings (SSSR count). The van der Waals surface area contributed by atoms with E-state index in [4.69, 9.17) is 9.47 Å². The van der Waals surface area contributed by atoms with Crippen LogP contribution in [0.15, 0.2) is 77.1 Å². The zero-order chi connectivity index (χ0) is 26.9. The lowest BCUT2D eigenvalue weighted by Gasteiger charge is -2.36. The molecular formula is C29H25N3O5S2. The van der Waals surface area contributed by atoms with E-state index in [0.717, 1.165) is 20.5 Å². The molecule has 0 unspecified atom stereocenters. The Morgan fingerprint density at radius 1 is 0.949 bits per heavy atom. The van der Waals surface area contributed by atoms with Gasteiger partial charge in [0.15, 0.2) is 10.6 Å². The molecule has 2 aliphatic rings. The number of amides is 2. The van der Waals surface area contributed by atoms with Crippen LogP contribution in [0.25, 0.3) is 0 Å². The number of nitrogens with zero attached hydrogens (tertiary/aromatic N) is 3. The normalized spacial score (nSPS) is 20.9. The maximum Gasteiger partial charge on any atom is 0.266 e. The summed E-state index contributed by atoms with van der Waals surface area (Å²) in [5.74, 6) is -0.0268. The molecule has 1 N–H and O–H groups in total. The Morgan fingerprint density at radius 3 is 2.36 bits per heavy atom. The number of carbonyl (C=O) groups excluding carboxylic acids is 2. The molecule has 0 bridgehead atoms. The SMILES string of the molecule is Cc1nnc(SC[C@H]2C[C@@H](c3ccc(CO)cc3)O[C@@H](c3cccc(N4C(=O)c5ccccc5C4=O)c3)O2)s1. The van der Waals surface area contributed by atoms with Gasteiger partial charge in [0.25, 0.3) is 11.8 Å². The second kappa shape index (κ2) is 11.0. The van der Waals surface area contributed by atoms with Crippen molar-refractivity contribution in [1.29, 1.82) is 0 Å². The first-order valence-corrected chi connectivity index (χ1v) is 14.3. The summed E-state index contributed by atoms with van der Waals surface area (Å²) >= 11 is 3.15. The van der Waals surface area contributed by atoms with E-state index in [1.807, 2.05) is 37.3 Å². The minimum Gasteiger partial charge on any atom is -0.392 e. The second-order valence-electron chi connectivity index (χ2n) is 9.33. The minimum absolute atomic E-state index is 0.0251. The van der Waals surface area contributed by atoms with E-state index in [0.29, 0.717) is 34.6 Å². The first-order valence-electron chi connectivity index (χ1n) is 12.5. The predicted molar refractivity (Wildman–Crippen MR) is 148 cm³/mol. The highest BCUT2D eigenvalue weighted by Gasteiger charge is 2.37. The standard InChI is InChI=1S/C29H25N3O5S2/c1-17-30-31-29(39-17)38-16-22-14-25(19-11-9-18(15-33)10-12-19)37-28(36-22)20-5-4-6-21(13-20)32-26(34)23-7-2-3-8-24(23)27(32)35/h2-13,22,25,28,33H,14-16H2,1H3/t22-,25+,28+/m1/s1. The fourth-order valence-corrected chi connectivity index (χ4v) is 6.62. The smallest absolute Gasteiger partial charge is 0.266 e. The summed E-state index contributed by atoms with van der Waals surface area (Å²) in [5, 5.41) is 18.7. The average Bonchev–Trinajstić information content (AvgIpc) is 3.51. The summed E-state index contributed by atoms with van der Waals surface area (Å²) in [4.78, 5) is 27.3. The summed E-state index contributed by atoms with van der Waals surface area (Å²) in [6, 6.07) is 21.7. The van der Waals surface area contributed by atoms with Crippen LogP contribution in [0.5, 0.6) is 0 Å². The third kappa shape index (κ3) is 5.26. The Morgan fingerprint density at radius 2 is 1.69 bits per heavy atom. The van der Waals surface area contributed by atoms with Gasteiger partial charge in [-0.05, 0) is 42.3 Å². The molecule has 0 aliphatic carbocycles. The van der Waals surface area contributed by atoms with Gasteiger partial charge in [0.2, 0.25) is 0 Å². The quantitative estimate of drug-likeness (QED) is 0.235. The molecular weight excluding hydrogens is 534 g/mol. The molecule has 0 radical (unpaired) electrons. The average molecular weight is 560 g/mol. The first kappa shape index (κ1) is 25.8. The Balaban J connectivity index is 1.27. The van der Waals surface area contributed by atoms with Gasteiger partial charge in [-0.1, -0.05) is 71.6 Å². The van der Waals surface area contributed by atoms with E-state index in [-0.39, 0.29) is 30.6 Å². The lowest BCUT2D eigenvalue weighted by atomic mass is 10.0. The summed E-state index contributed by atoms with van der Waals surface area (Å²) in [7, 11) is 0. The largest absolute Gasteiger partial charge is 0.392 e. The topological polar surface area (TPSA) is 102 Å². The van der Waals surface area contributed by atoms with Crippen LogP contribution >= 0.6 is 23.1 Å². The van der Waals surface area contributed by atoms with Crippen LogP contribution in [0.3, 0.4) is 0 Å². The van der Waals surface area contributed by atoms with Crippen molar-refractivity contribution in [1.82, 2.24) is 10.2 Å². The van der Waals surface area contributed by atoms with Crippen LogP contribution in [0.4, 0.5) is 5.69 Å². The monoisotopic (exact) mass is 559 g/mol. The Kier molecular flexibility index (Phi) is 7.28. The van der Waals surface area contributed by atoms with Crippen LogP contribution in [0, 0.1) is 6.92 Å². The van der Waals surface area contributed by atoms with Crippen molar-refractivity contribution in [3.05, 3.63) is 106 Å². The highest BCUT2D eigenvalue weighted by atomic mass is 32.2. The van der Waals surface area contributed by atoms with Gasteiger partial charge in [-0.25, -0.2) is 4.90 Å². The van der Waals surface area contributed by atoms with Crippen LogP contribution in [0.1, 0.15) is 61.2 Å². The minimum atomic E-state index is -0.710. The maximum absolute atomic E-state index is 13.1. The third-order valence-electron chi connectivity index (χ3n) is 6.71. The summed E-state index contributed by atoms with van der Waals surface area (Å²) in [6.45, 7) is 1.90. The zero-order valence-electron chi connectivity index (χ0n) is 21.0. The van der Waals surface area contributed by atoms with Crippen LogP contribution in [0.2, 0.25) is 0 Å². The molecule has 1 fully saturated rings. The highest BCUT2D eigenvalue weighted by Crippen LogP contribution is 2.41. The van der Waals surface area contributed by atoms with Gasteiger partial charge in [0.1, 0.15) is 5.01 Å². The van der Waals surface area contributed by atoms with Crippen molar-refractivity contribution in [2.45, 2.75) is 42.8 Å². The number of thioether (sulfide) groups is 1. The number of aliphatic hydroxyl groups is 1. The fraction of sp³-hybridized carbons (Fsp3) is 0.241. The number of fused-ring (bicyclic) bond motifs is 1. The van der Waals surface area contributed by atoms with Crippen LogP contribution in [-0.2, 0) is 16.1 Å². The number of anilines is 1. The number of benzene rings is 3. The number of hydrogen-bond donors (Lipinski definition) is 1. The van der Waals surface area contributed by atoms with E-state index in [2.05, 4.69) is 10.2 Å². The van der Waals surface area contributed by atoms with Crippen molar-refractivity contribution in [2.24, 2.45) is 0 Å². The van der Waals surface area contributed by atoms with Crippen molar-refractivity contribution in [3.8, 4) is 0 Å². The number of aromatic nitrogens is 2. The van der Waals surface area contributed by atoms with Crippen molar-refractivity contribution in [2.75, 3.05) is 10.7 Å². The van der Waals surface area contributed by atoms with E-state index >= 15 is 0 Å². The molecule has 39 heavy (non-hydrogen) atoms. The molecule has 2 aliphatic heterocycles. The second-order valence-corrected chi connectivity index (χ2v) is 11.8. The number of rotatable bonds is 7. The molecule has 4 aromatic rings. The zero-order valence-corrected chi connectivity index (χ0v) is 22.7. The van der Waals surface area contributed by atoms with Gasteiger partial charge in [-0.15, -0.1) is 10.2 Å². The number of imide groups is 1. The van der Waals surface area contributed by atoms with Crippen molar-refractivity contribution < 1.29 is 24.2 Å². The summed E-state index contributed by atoms with van der Waals surface area (Å²) in [5.41, 5.74) is 3.79. The van der Waals surface area contributed by atoms with Gasteiger partial charge >= 0.3 is 0 Å². The Bertz CT molecular complexity index is 1490. The number of aliphatic hydroxyl groups excluding tert-OH is 1. The number of carbonyl (C=O) groups is 2. The lowest BCUT2D eigenvalue weighted by molar-refractivity contribution is -0.245. The van der Waals surface area contributed by atoms with Gasteiger partial charge < -0.3 is 14.6 Å². The summed E-state index contributed by atoms with van der Waals surface area (Å²) < 4.78 is 13.7. The van der Waals surface area contributed by atoms with Crippen LogP contribution < -0.4 is 4.90 Å². The molecule has 2 amide bonds. The Labute approximate surface area is 233 Å². The number of hydrogen-bond acceptors (Lipinski definition) is 9.